The Labute approximate surface area is 93.3 Å². The molecule has 2 N–H and O–H groups in total. The van der Waals surface area contributed by atoms with Crippen molar-refractivity contribution in [2.24, 2.45) is 0 Å². The molecule has 8 nitrogen and oxygen atoms in total. The molecule has 0 bridgehead atoms. The fourth-order valence-corrected chi connectivity index (χ4v) is 1.05. The first-order chi connectivity index (χ1) is 7.83. The summed E-state index contributed by atoms with van der Waals surface area (Å²) in [6.45, 7) is 2.87. The van der Waals surface area contributed by atoms with E-state index in [4.69, 9.17) is 4.74 Å². The zero-order valence-electron chi connectivity index (χ0n) is 9.22. The van der Waals surface area contributed by atoms with Crippen LogP contribution in [0.3, 0.4) is 0 Å². The summed E-state index contributed by atoms with van der Waals surface area (Å²) in [6, 6.07) is 0. The van der Waals surface area contributed by atoms with Gasteiger partial charge in [0.05, 0.1) is 6.61 Å². The van der Waals surface area contributed by atoms with Gasteiger partial charge in [0.1, 0.15) is 12.9 Å². The number of tetrazole rings is 1. The van der Waals surface area contributed by atoms with E-state index in [1.165, 1.54) is 11.0 Å². The van der Waals surface area contributed by atoms with Gasteiger partial charge in [-0.2, -0.15) is 0 Å². The number of ether oxygens (including phenoxy) is 1. The van der Waals surface area contributed by atoms with Crippen LogP contribution in [0.4, 0.5) is 0 Å². The third kappa shape index (κ3) is 5.37. The van der Waals surface area contributed by atoms with Gasteiger partial charge in [0, 0.05) is 26.7 Å². The highest BCUT2D eigenvalue weighted by atomic mass is 16.5. The van der Waals surface area contributed by atoms with Crippen LogP contribution in [-0.2, 0) is 16.1 Å². The average molecular weight is 228 g/mol. The Bertz CT molecular complexity index is 289. The van der Waals surface area contributed by atoms with E-state index in [-0.39, 0.29) is 12.5 Å². The third-order valence-electron chi connectivity index (χ3n) is 1.80. The van der Waals surface area contributed by atoms with Crippen LogP contribution < -0.4 is 10.6 Å². The van der Waals surface area contributed by atoms with E-state index in [1.807, 2.05) is 0 Å². The van der Waals surface area contributed by atoms with Crippen LogP contribution in [0.15, 0.2) is 6.33 Å². The Balaban J connectivity index is 1.98. The van der Waals surface area contributed by atoms with Crippen molar-refractivity contribution in [2.75, 3.05) is 33.4 Å². The molecule has 1 rings (SSSR count). The highest BCUT2D eigenvalue weighted by Crippen LogP contribution is 1.77. The molecule has 0 saturated heterocycles. The number of hydrogen-bond donors (Lipinski definition) is 2. The smallest absolute Gasteiger partial charge is 0.241 e. The summed E-state index contributed by atoms with van der Waals surface area (Å²) in [5, 5.41) is 16.3. The predicted octanol–water partition coefficient (Wildman–Crippen LogP) is -1.97. The van der Waals surface area contributed by atoms with Gasteiger partial charge in [-0.1, -0.05) is 0 Å². The van der Waals surface area contributed by atoms with Crippen LogP contribution in [0.2, 0.25) is 0 Å². The molecule has 16 heavy (non-hydrogen) atoms. The first-order valence-electron chi connectivity index (χ1n) is 5.00. The number of aromatic nitrogens is 4. The molecule has 0 aromatic carbocycles. The number of methoxy groups -OCH3 is 1. The molecule has 0 atom stereocenters. The predicted molar refractivity (Wildman–Crippen MR) is 55.6 cm³/mol. The zero-order valence-corrected chi connectivity index (χ0v) is 9.22. The topological polar surface area (TPSA) is 94.0 Å². The zero-order chi connectivity index (χ0) is 11.6. The van der Waals surface area contributed by atoms with Crippen LogP contribution in [0.25, 0.3) is 0 Å². The SMILES string of the molecule is COCCNCCNC(=O)Cn1cnnn1. The summed E-state index contributed by atoms with van der Waals surface area (Å²) in [6.07, 6.45) is 1.40. The first kappa shape index (κ1) is 12.5. The molecule has 0 aliphatic heterocycles. The van der Waals surface area contributed by atoms with Crippen LogP contribution in [0, 0.1) is 0 Å². The number of hydrogen-bond acceptors (Lipinski definition) is 6. The molecule has 8 heteroatoms. The second kappa shape index (κ2) is 7.71. The fourth-order valence-electron chi connectivity index (χ4n) is 1.05. The molecule has 0 fully saturated rings. The van der Waals surface area contributed by atoms with Gasteiger partial charge in [-0.15, -0.1) is 5.10 Å². The van der Waals surface area contributed by atoms with Gasteiger partial charge in [0.15, 0.2) is 0 Å². The quantitative estimate of drug-likeness (QED) is 0.501. The standard InChI is InChI=1S/C8H16N6O2/c1-16-5-4-9-2-3-10-8(15)6-14-7-11-12-13-14/h7,9H,2-6H2,1H3,(H,10,15). The maximum Gasteiger partial charge on any atom is 0.241 e. The van der Waals surface area contributed by atoms with Gasteiger partial charge in [0.2, 0.25) is 5.91 Å². The van der Waals surface area contributed by atoms with Crippen LogP contribution in [-0.4, -0.2) is 59.5 Å². The van der Waals surface area contributed by atoms with Gasteiger partial charge in [-0.3, -0.25) is 4.79 Å². The number of carbonyl (C=O) groups excluding carboxylic acids is 1. The number of nitrogens with one attached hydrogen (secondary N) is 2. The highest BCUT2D eigenvalue weighted by Gasteiger charge is 2.01. The monoisotopic (exact) mass is 228 g/mol. The fraction of sp³-hybridized carbons (Fsp3) is 0.750. The van der Waals surface area contributed by atoms with Gasteiger partial charge in [0.25, 0.3) is 0 Å². The number of nitrogens with zero attached hydrogens (tertiary/aromatic N) is 4. The molecule has 90 valence electrons. The lowest BCUT2D eigenvalue weighted by Crippen LogP contribution is -2.35. The van der Waals surface area contributed by atoms with Crippen molar-refractivity contribution in [2.45, 2.75) is 6.54 Å². The molecule has 0 aliphatic rings. The van der Waals surface area contributed by atoms with Gasteiger partial charge >= 0.3 is 0 Å². The molecule has 0 spiro atoms. The summed E-state index contributed by atoms with van der Waals surface area (Å²) in [5.41, 5.74) is 0. The first-order valence-corrected chi connectivity index (χ1v) is 5.00. The maximum atomic E-state index is 11.3. The van der Waals surface area contributed by atoms with E-state index < -0.39 is 0 Å². The summed E-state index contributed by atoms with van der Waals surface area (Å²) in [4.78, 5) is 11.3. The Morgan fingerprint density at radius 3 is 3.00 bits per heavy atom. The highest BCUT2D eigenvalue weighted by molar-refractivity contribution is 5.75. The molecule has 0 unspecified atom stereocenters. The molecule has 1 aromatic rings. The van der Waals surface area contributed by atoms with E-state index in [0.29, 0.717) is 19.7 Å². The normalized spacial score (nSPS) is 10.3. The summed E-state index contributed by atoms with van der Waals surface area (Å²) in [7, 11) is 1.65. The second-order valence-electron chi connectivity index (χ2n) is 3.10. The van der Waals surface area contributed by atoms with E-state index in [1.54, 1.807) is 7.11 Å². The lowest BCUT2D eigenvalue weighted by molar-refractivity contribution is -0.121. The van der Waals surface area contributed by atoms with Crippen LogP contribution >= 0.6 is 0 Å². The molecule has 0 aliphatic carbocycles. The van der Waals surface area contributed by atoms with Crippen molar-refractivity contribution in [1.29, 1.82) is 0 Å². The van der Waals surface area contributed by atoms with E-state index in [9.17, 15) is 4.79 Å². The van der Waals surface area contributed by atoms with Gasteiger partial charge in [-0.25, -0.2) is 4.68 Å². The number of rotatable bonds is 8. The summed E-state index contributed by atoms with van der Waals surface area (Å²) >= 11 is 0. The van der Waals surface area contributed by atoms with Crippen molar-refractivity contribution in [3.05, 3.63) is 6.33 Å². The Morgan fingerprint density at radius 2 is 2.31 bits per heavy atom. The van der Waals surface area contributed by atoms with Crippen molar-refractivity contribution >= 4 is 5.91 Å². The Hall–Kier alpha value is -1.54. The van der Waals surface area contributed by atoms with Crippen LogP contribution in [0.5, 0.6) is 0 Å². The second-order valence-corrected chi connectivity index (χ2v) is 3.10. The minimum Gasteiger partial charge on any atom is -0.383 e. The minimum absolute atomic E-state index is 0.110. The maximum absolute atomic E-state index is 11.3. The molecule has 1 heterocycles. The lowest BCUT2D eigenvalue weighted by Gasteiger charge is -2.05. The van der Waals surface area contributed by atoms with Crippen LogP contribution in [0.1, 0.15) is 0 Å². The molecule has 0 saturated carbocycles. The molecular formula is C8H16N6O2. The Morgan fingerprint density at radius 1 is 1.44 bits per heavy atom. The lowest BCUT2D eigenvalue weighted by atomic mass is 10.5. The van der Waals surface area contributed by atoms with Crippen molar-refractivity contribution < 1.29 is 9.53 Å². The van der Waals surface area contributed by atoms with Crippen molar-refractivity contribution in [3.63, 3.8) is 0 Å². The van der Waals surface area contributed by atoms with E-state index in [2.05, 4.69) is 26.2 Å². The largest absolute Gasteiger partial charge is 0.383 e. The third-order valence-corrected chi connectivity index (χ3v) is 1.80. The molecule has 1 amide bonds. The van der Waals surface area contributed by atoms with Crippen molar-refractivity contribution in [3.8, 4) is 0 Å². The Kier molecular flexibility index (Phi) is 6.04. The van der Waals surface area contributed by atoms with Crippen molar-refractivity contribution in [1.82, 2.24) is 30.8 Å². The number of carbonyl (C=O) groups is 1. The molecule has 0 radical (unpaired) electrons. The molecule has 1 aromatic heterocycles. The average Bonchev–Trinajstić information content (AvgIpc) is 2.76. The van der Waals surface area contributed by atoms with E-state index >= 15 is 0 Å². The van der Waals surface area contributed by atoms with Gasteiger partial charge < -0.3 is 15.4 Å². The summed E-state index contributed by atoms with van der Waals surface area (Å²) < 4.78 is 6.23. The minimum atomic E-state index is -0.110. The summed E-state index contributed by atoms with van der Waals surface area (Å²) in [5.74, 6) is -0.110. The van der Waals surface area contributed by atoms with E-state index in [0.717, 1.165) is 6.54 Å². The molecular weight excluding hydrogens is 212 g/mol. The number of amides is 1. The van der Waals surface area contributed by atoms with Gasteiger partial charge in [-0.05, 0) is 10.4 Å².